The number of benzene rings is 3. The van der Waals surface area contributed by atoms with Gasteiger partial charge in [-0.15, -0.1) is 0 Å². The molecule has 0 N–H and O–H groups in total. The highest BCUT2D eigenvalue weighted by molar-refractivity contribution is 5.66. The third kappa shape index (κ3) is 3.74. The summed E-state index contributed by atoms with van der Waals surface area (Å²) < 4.78 is 70.6. The molecule has 0 spiro atoms. The maximum absolute atomic E-state index is 14.2. The molecule has 0 aliphatic heterocycles. The van der Waals surface area contributed by atoms with E-state index in [0.29, 0.717) is 11.3 Å². The number of hydrogen-bond acceptors (Lipinski definition) is 3. The number of rotatable bonds is 6. The molecule has 0 unspecified atom stereocenters. The van der Waals surface area contributed by atoms with Crippen molar-refractivity contribution in [3.63, 3.8) is 0 Å². The van der Waals surface area contributed by atoms with Gasteiger partial charge in [0.25, 0.3) is 0 Å². The maximum atomic E-state index is 14.2. The van der Waals surface area contributed by atoms with Crippen LogP contribution in [0, 0.1) is 23.3 Å². The Hall–Kier alpha value is -3.22. The zero-order valence-electron chi connectivity index (χ0n) is 15.1. The number of halogens is 4. The second-order valence-electron chi connectivity index (χ2n) is 5.81. The number of hydrogen-bond donors (Lipinski definition) is 0. The molecule has 0 aliphatic rings. The Balaban J connectivity index is 1.76. The number of methoxy groups -OCH3 is 2. The molecule has 3 rings (SSSR count). The molecule has 7 heteroatoms. The van der Waals surface area contributed by atoms with Crippen molar-refractivity contribution >= 4 is 0 Å². The highest BCUT2D eigenvalue weighted by Gasteiger charge is 2.16. The Kier molecular flexibility index (Phi) is 5.73. The lowest BCUT2D eigenvalue weighted by molar-refractivity contribution is 0.294. The van der Waals surface area contributed by atoms with Crippen molar-refractivity contribution in [3.05, 3.63) is 77.4 Å². The van der Waals surface area contributed by atoms with E-state index in [1.165, 1.54) is 62.8 Å². The van der Waals surface area contributed by atoms with Crippen molar-refractivity contribution in [2.45, 2.75) is 6.61 Å². The van der Waals surface area contributed by atoms with Gasteiger partial charge in [-0.2, -0.15) is 8.78 Å². The van der Waals surface area contributed by atoms with Crippen LogP contribution in [0.1, 0.15) is 5.56 Å². The molecule has 28 heavy (non-hydrogen) atoms. The molecule has 0 saturated heterocycles. The fraction of sp³-hybridized carbons (Fsp3) is 0.143. The van der Waals surface area contributed by atoms with Gasteiger partial charge in [0.05, 0.1) is 14.2 Å². The Bertz CT molecular complexity index is 988. The highest BCUT2D eigenvalue weighted by atomic mass is 19.2. The topological polar surface area (TPSA) is 27.7 Å². The summed E-state index contributed by atoms with van der Waals surface area (Å²) in [6.45, 7) is -0.211. The van der Waals surface area contributed by atoms with Crippen LogP contribution in [0.5, 0.6) is 17.2 Å². The first-order valence-electron chi connectivity index (χ1n) is 8.22. The summed E-state index contributed by atoms with van der Waals surface area (Å²) >= 11 is 0. The molecule has 3 aromatic rings. The van der Waals surface area contributed by atoms with Gasteiger partial charge in [-0.1, -0.05) is 12.1 Å². The monoisotopic (exact) mass is 392 g/mol. The van der Waals surface area contributed by atoms with Gasteiger partial charge in [0, 0.05) is 11.1 Å². The fourth-order valence-corrected chi connectivity index (χ4v) is 2.65. The molecule has 0 radical (unpaired) electrons. The second kappa shape index (κ2) is 8.21. The molecule has 146 valence electrons. The molecule has 0 saturated carbocycles. The first-order chi connectivity index (χ1) is 13.5. The van der Waals surface area contributed by atoms with Gasteiger partial charge in [-0.05, 0) is 42.0 Å². The average molecular weight is 392 g/mol. The number of ether oxygens (including phenoxy) is 3. The van der Waals surface area contributed by atoms with Crippen LogP contribution in [0.3, 0.4) is 0 Å². The van der Waals surface area contributed by atoms with E-state index >= 15 is 0 Å². The third-order valence-electron chi connectivity index (χ3n) is 4.17. The minimum atomic E-state index is -1.09. The standard InChI is InChI=1S/C21H16F4O3/c1-26-16-9-5-13(18(22)20(16)24)11-28-14-6-3-12(4-7-14)15-8-10-17(27-2)21(25)19(15)23/h3-10H,11H2,1-2H3. The zero-order valence-corrected chi connectivity index (χ0v) is 15.1. The van der Waals surface area contributed by atoms with Crippen molar-refractivity contribution in [3.8, 4) is 28.4 Å². The van der Waals surface area contributed by atoms with Crippen LogP contribution in [0.2, 0.25) is 0 Å². The predicted molar refractivity (Wildman–Crippen MR) is 95.6 cm³/mol. The summed E-state index contributed by atoms with van der Waals surface area (Å²) in [5.41, 5.74) is 0.506. The van der Waals surface area contributed by atoms with Gasteiger partial charge < -0.3 is 14.2 Å². The van der Waals surface area contributed by atoms with E-state index in [1.807, 2.05) is 0 Å². The minimum absolute atomic E-state index is 0.0191. The van der Waals surface area contributed by atoms with E-state index in [0.717, 1.165) is 0 Å². The van der Waals surface area contributed by atoms with Crippen LogP contribution in [-0.2, 0) is 6.61 Å². The predicted octanol–water partition coefficient (Wildman–Crippen LogP) is 5.51. The first kappa shape index (κ1) is 19.5. The molecular formula is C21H16F4O3. The zero-order chi connectivity index (χ0) is 20.3. The summed E-state index contributed by atoms with van der Waals surface area (Å²) in [4.78, 5) is 0. The average Bonchev–Trinajstić information content (AvgIpc) is 2.72. The lowest BCUT2D eigenvalue weighted by atomic mass is 10.0. The Morgan fingerprint density at radius 1 is 0.643 bits per heavy atom. The van der Waals surface area contributed by atoms with Gasteiger partial charge in [-0.3, -0.25) is 0 Å². The molecule has 3 nitrogen and oxygen atoms in total. The normalized spacial score (nSPS) is 10.6. The molecule has 0 aliphatic carbocycles. The van der Waals surface area contributed by atoms with Gasteiger partial charge in [0.15, 0.2) is 23.1 Å². The van der Waals surface area contributed by atoms with Gasteiger partial charge in [-0.25, -0.2) is 8.78 Å². The molecular weight excluding hydrogens is 376 g/mol. The van der Waals surface area contributed by atoms with Crippen molar-refractivity contribution in [1.82, 2.24) is 0 Å². The van der Waals surface area contributed by atoms with Crippen LogP contribution in [0.4, 0.5) is 17.6 Å². The summed E-state index contributed by atoms with van der Waals surface area (Å²) in [5, 5.41) is 0. The Labute approximate surface area is 159 Å². The molecule has 0 amide bonds. The van der Waals surface area contributed by atoms with Crippen LogP contribution in [0.25, 0.3) is 11.1 Å². The van der Waals surface area contributed by atoms with Gasteiger partial charge in [0.1, 0.15) is 12.4 Å². The van der Waals surface area contributed by atoms with Crippen molar-refractivity contribution in [2.24, 2.45) is 0 Å². The van der Waals surface area contributed by atoms with Gasteiger partial charge >= 0.3 is 0 Å². The Morgan fingerprint density at radius 3 is 1.82 bits per heavy atom. The lowest BCUT2D eigenvalue weighted by Gasteiger charge is -2.11. The molecule has 0 fully saturated rings. The van der Waals surface area contributed by atoms with E-state index < -0.39 is 23.3 Å². The van der Waals surface area contributed by atoms with Crippen molar-refractivity contribution < 1.29 is 31.8 Å². The van der Waals surface area contributed by atoms with Crippen LogP contribution >= 0.6 is 0 Å². The SMILES string of the molecule is COc1ccc(COc2ccc(-c3ccc(OC)c(F)c3F)cc2)c(F)c1F. The summed E-state index contributed by atoms with van der Waals surface area (Å²) in [7, 11) is 2.49. The maximum Gasteiger partial charge on any atom is 0.201 e. The van der Waals surface area contributed by atoms with Gasteiger partial charge in [0.2, 0.25) is 11.6 Å². The quantitative estimate of drug-likeness (QED) is 0.518. The summed E-state index contributed by atoms with van der Waals surface area (Å²) in [6.07, 6.45) is 0. The lowest BCUT2D eigenvalue weighted by Crippen LogP contribution is -2.02. The molecule has 3 aromatic carbocycles. The fourth-order valence-electron chi connectivity index (χ4n) is 2.65. The highest BCUT2D eigenvalue weighted by Crippen LogP contribution is 2.31. The van der Waals surface area contributed by atoms with E-state index in [4.69, 9.17) is 14.2 Å². The Morgan fingerprint density at radius 2 is 1.21 bits per heavy atom. The largest absolute Gasteiger partial charge is 0.494 e. The minimum Gasteiger partial charge on any atom is -0.494 e. The summed E-state index contributed by atoms with van der Waals surface area (Å²) in [5.74, 6) is -4.26. The molecule has 0 aromatic heterocycles. The molecule has 0 bridgehead atoms. The van der Waals surface area contributed by atoms with Crippen LogP contribution in [0.15, 0.2) is 48.5 Å². The first-order valence-corrected chi connectivity index (χ1v) is 8.22. The van der Waals surface area contributed by atoms with E-state index in [1.54, 1.807) is 0 Å². The van der Waals surface area contributed by atoms with E-state index in [2.05, 4.69) is 0 Å². The smallest absolute Gasteiger partial charge is 0.201 e. The van der Waals surface area contributed by atoms with E-state index in [-0.39, 0.29) is 29.2 Å². The second-order valence-corrected chi connectivity index (χ2v) is 5.81. The van der Waals surface area contributed by atoms with Crippen molar-refractivity contribution in [2.75, 3.05) is 14.2 Å². The molecule has 0 atom stereocenters. The van der Waals surface area contributed by atoms with Crippen molar-refractivity contribution in [1.29, 1.82) is 0 Å². The third-order valence-corrected chi connectivity index (χ3v) is 4.17. The van der Waals surface area contributed by atoms with E-state index in [9.17, 15) is 17.6 Å². The summed E-state index contributed by atoms with van der Waals surface area (Å²) in [6, 6.07) is 11.5. The molecule has 0 heterocycles. The van der Waals surface area contributed by atoms with Crippen LogP contribution in [-0.4, -0.2) is 14.2 Å². The van der Waals surface area contributed by atoms with Crippen LogP contribution < -0.4 is 14.2 Å².